The molecule has 4 aromatic carbocycles. The van der Waals surface area contributed by atoms with Gasteiger partial charge in [-0.1, -0.05) is 96.5 Å². The number of amides is 1. The van der Waals surface area contributed by atoms with E-state index < -0.39 is 39.8 Å². The average Bonchev–Trinajstić information content (AvgIpc) is 3.38. The fourth-order valence-electron chi connectivity index (χ4n) is 5.79. The van der Waals surface area contributed by atoms with Crippen LogP contribution in [0.15, 0.2) is 109 Å². The van der Waals surface area contributed by atoms with E-state index in [2.05, 4.69) is 5.32 Å². The molecular weight excluding hydrogens is 572 g/mol. The smallest absolute Gasteiger partial charge is 0.239 e. The van der Waals surface area contributed by atoms with Crippen LogP contribution < -0.4 is 10.1 Å². The van der Waals surface area contributed by atoms with Crippen molar-refractivity contribution in [3.63, 3.8) is 0 Å². The van der Waals surface area contributed by atoms with Crippen LogP contribution in [0.3, 0.4) is 0 Å². The summed E-state index contributed by atoms with van der Waals surface area (Å²) in [4.78, 5) is 28.5. The van der Waals surface area contributed by atoms with Gasteiger partial charge in [0.05, 0.1) is 25.3 Å². The molecule has 9 heteroatoms. The molecule has 0 radical (unpaired) electrons. The van der Waals surface area contributed by atoms with Crippen molar-refractivity contribution in [3.05, 3.63) is 136 Å². The highest BCUT2D eigenvalue weighted by atomic mass is 35.5. The molecule has 1 saturated heterocycles. The molecule has 1 amide bonds. The SMILES string of the molecule is COc1ccc(CNC(=O)C2C(c3ccccc3)C(C(=O)c3ccccc3)C(c3ccc(Cl)cc3)N2S(C)(=O)=O)cc1. The number of ketones is 1. The lowest BCUT2D eigenvalue weighted by Gasteiger charge is -2.29. The average molecular weight is 603 g/mol. The molecule has 1 heterocycles. The Labute approximate surface area is 251 Å². The molecule has 4 unspecified atom stereocenters. The van der Waals surface area contributed by atoms with Crippen LogP contribution in [0.5, 0.6) is 5.75 Å². The van der Waals surface area contributed by atoms with Crippen LogP contribution in [0.2, 0.25) is 5.02 Å². The van der Waals surface area contributed by atoms with Crippen molar-refractivity contribution in [2.45, 2.75) is 24.5 Å². The van der Waals surface area contributed by atoms with Crippen molar-refractivity contribution in [2.24, 2.45) is 5.92 Å². The molecule has 0 saturated carbocycles. The summed E-state index contributed by atoms with van der Waals surface area (Å²) in [6, 6.07) is 29.8. The molecule has 4 atom stereocenters. The number of benzene rings is 4. The highest BCUT2D eigenvalue weighted by Gasteiger charge is 2.58. The van der Waals surface area contributed by atoms with Crippen LogP contribution in [-0.2, 0) is 21.4 Å². The minimum atomic E-state index is -4.01. The van der Waals surface area contributed by atoms with E-state index in [1.165, 1.54) is 4.31 Å². The van der Waals surface area contributed by atoms with Crippen molar-refractivity contribution in [2.75, 3.05) is 13.4 Å². The maximum atomic E-state index is 14.4. The summed E-state index contributed by atoms with van der Waals surface area (Å²) < 4.78 is 33.7. The number of halogens is 1. The Balaban J connectivity index is 1.66. The number of methoxy groups -OCH3 is 1. The molecule has 4 aromatic rings. The number of ether oxygens (including phenoxy) is 1. The van der Waals surface area contributed by atoms with E-state index >= 15 is 0 Å². The van der Waals surface area contributed by atoms with Gasteiger partial charge in [-0.3, -0.25) is 9.59 Å². The fraction of sp³-hybridized carbons (Fsp3) is 0.212. The van der Waals surface area contributed by atoms with Crippen LogP contribution in [-0.4, -0.2) is 43.8 Å². The van der Waals surface area contributed by atoms with E-state index in [-0.39, 0.29) is 12.3 Å². The normalized spacial score (nSPS) is 20.6. The standard InChI is InChI=1S/C33H31ClN2O5S/c1-41-27-19-13-22(14-20-27)21-35-33(38)31-28(23-9-5-3-6-10-23)29(32(37)25-11-7-4-8-12-25)30(36(31)42(2,39)40)24-15-17-26(34)18-16-24/h3-20,28-31H,21H2,1-2H3,(H,35,38). The second-order valence-electron chi connectivity index (χ2n) is 10.3. The largest absolute Gasteiger partial charge is 0.497 e. The number of carbonyl (C=O) groups excluding carboxylic acids is 2. The summed E-state index contributed by atoms with van der Waals surface area (Å²) in [5.41, 5.74) is 2.53. The van der Waals surface area contributed by atoms with Gasteiger partial charge >= 0.3 is 0 Å². The molecule has 1 fully saturated rings. The number of carbonyl (C=O) groups is 2. The zero-order valence-electron chi connectivity index (χ0n) is 23.2. The van der Waals surface area contributed by atoms with Crippen LogP contribution in [0.4, 0.5) is 0 Å². The molecular formula is C33H31ClN2O5S. The topological polar surface area (TPSA) is 92.8 Å². The Morgan fingerprint density at radius 2 is 1.43 bits per heavy atom. The lowest BCUT2D eigenvalue weighted by molar-refractivity contribution is -0.125. The number of sulfonamides is 1. The number of nitrogens with zero attached hydrogens (tertiary/aromatic N) is 1. The summed E-state index contributed by atoms with van der Waals surface area (Å²) in [7, 11) is -2.44. The highest BCUT2D eigenvalue weighted by molar-refractivity contribution is 7.88. The van der Waals surface area contributed by atoms with E-state index in [9.17, 15) is 18.0 Å². The third-order valence-corrected chi connectivity index (χ3v) is 9.12. The molecule has 0 aromatic heterocycles. The van der Waals surface area contributed by atoms with Gasteiger partial charge in [0.15, 0.2) is 5.78 Å². The molecule has 7 nitrogen and oxygen atoms in total. The molecule has 42 heavy (non-hydrogen) atoms. The van der Waals surface area contributed by atoms with Crippen LogP contribution >= 0.6 is 11.6 Å². The second kappa shape index (κ2) is 12.5. The van der Waals surface area contributed by atoms with Crippen LogP contribution in [0.25, 0.3) is 0 Å². The summed E-state index contributed by atoms with van der Waals surface area (Å²) in [6.45, 7) is 0.168. The molecule has 0 spiro atoms. The van der Waals surface area contributed by atoms with Gasteiger partial charge in [-0.05, 0) is 41.0 Å². The van der Waals surface area contributed by atoms with Gasteiger partial charge in [-0.2, -0.15) is 4.31 Å². The monoisotopic (exact) mass is 602 g/mol. The molecule has 5 rings (SSSR count). The lowest BCUT2D eigenvalue weighted by atomic mass is 9.76. The quantitative estimate of drug-likeness (QED) is 0.251. The molecule has 0 bridgehead atoms. The zero-order valence-corrected chi connectivity index (χ0v) is 24.8. The van der Waals surface area contributed by atoms with Crippen LogP contribution in [0.1, 0.15) is 39.0 Å². The first-order chi connectivity index (χ1) is 20.2. The van der Waals surface area contributed by atoms with Gasteiger partial charge in [0.1, 0.15) is 11.8 Å². The van der Waals surface area contributed by atoms with E-state index in [0.717, 1.165) is 11.8 Å². The fourth-order valence-corrected chi connectivity index (χ4v) is 7.22. The Bertz CT molecular complexity index is 1650. The van der Waals surface area contributed by atoms with Crippen molar-refractivity contribution in [1.82, 2.24) is 9.62 Å². The van der Waals surface area contributed by atoms with Crippen molar-refractivity contribution < 1.29 is 22.7 Å². The third kappa shape index (κ3) is 6.11. The summed E-state index contributed by atoms with van der Waals surface area (Å²) in [5.74, 6) is -1.73. The number of hydrogen-bond acceptors (Lipinski definition) is 5. The van der Waals surface area contributed by atoms with E-state index in [4.69, 9.17) is 16.3 Å². The molecule has 216 valence electrons. The summed E-state index contributed by atoms with van der Waals surface area (Å²) >= 11 is 6.19. The Hall–Kier alpha value is -3.98. The minimum absolute atomic E-state index is 0.168. The first kappa shape index (κ1) is 29.5. The predicted molar refractivity (Wildman–Crippen MR) is 163 cm³/mol. The van der Waals surface area contributed by atoms with Crippen molar-refractivity contribution in [1.29, 1.82) is 0 Å². The maximum Gasteiger partial charge on any atom is 0.239 e. The van der Waals surface area contributed by atoms with Crippen LogP contribution in [0, 0.1) is 5.92 Å². The minimum Gasteiger partial charge on any atom is -0.497 e. The molecule has 1 N–H and O–H groups in total. The van der Waals surface area contributed by atoms with E-state index in [1.807, 2.05) is 48.5 Å². The van der Waals surface area contributed by atoms with Crippen molar-refractivity contribution in [3.8, 4) is 5.75 Å². The second-order valence-corrected chi connectivity index (χ2v) is 12.6. The molecule has 1 aliphatic rings. The number of Topliss-reactive ketones (excluding diaryl/α,β-unsaturated/α-hetero) is 1. The maximum absolute atomic E-state index is 14.4. The van der Waals surface area contributed by atoms with Gasteiger partial charge < -0.3 is 10.1 Å². The molecule has 0 aliphatic carbocycles. The Morgan fingerprint density at radius 1 is 0.833 bits per heavy atom. The van der Waals surface area contributed by atoms with Gasteiger partial charge in [0.2, 0.25) is 15.9 Å². The Morgan fingerprint density at radius 3 is 2.00 bits per heavy atom. The first-order valence-corrected chi connectivity index (χ1v) is 15.7. The van der Waals surface area contributed by atoms with Gasteiger partial charge in [-0.25, -0.2) is 8.42 Å². The number of hydrogen-bond donors (Lipinski definition) is 1. The number of nitrogens with one attached hydrogen (secondary N) is 1. The van der Waals surface area contributed by atoms with Gasteiger partial charge in [0, 0.05) is 23.0 Å². The predicted octanol–water partition coefficient (Wildman–Crippen LogP) is 5.63. The highest BCUT2D eigenvalue weighted by Crippen LogP contribution is 2.52. The first-order valence-electron chi connectivity index (χ1n) is 13.5. The lowest BCUT2D eigenvalue weighted by Crippen LogP contribution is -2.48. The zero-order chi connectivity index (χ0) is 29.9. The van der Waals surface area contributed by atoms with Gasteiger partial charge in [0.25, 0.3) is 0 Å². The van der Waals surface area contributed by atoms with E-state index in [0.29, 0.717) is 27.5 Å². The summed E-state index contributed by atoms with van der Waals surface area (Å²) in [6.07, 6.45) is 1.08. The van der Waals surface area contributed by atoms with Gasteiger partial charge in [-0.15, -0.1) is 0 Å². The van der Waals surface area contributed by atoms with Crippen molar-refractivity contribution >= 4 is 33.3 Å². The Kier molecular flexibility index (Phi) is 8.77. The number of rotatable bonds is 9. The van der Waals surface area contributed by atoms with E-state index in [1.54, 1.807) is 67.8 Å². The third-order valence-electron chi connectivity index (χ3n) is 7.65. The summed E-state index contributed by atoms with van der Waals surface area (Å²) in [5, 5.41) is 3.42. The molecule has 1 aliphatic heterocycles.